The number of carbonyl (C=O) groups excluding carboxylic acids is 3. The Morgan fingerprint density at radius 2 is 1.59 bits per heavy atom. The van der Waals surface area contributed by atoms with Crippen LogP contribution in [0.25, 0.3) is 0 Å². The predicted octanol–water partition coefficient (Wildman–Crippen LogP) is 3.56. The second-order valence-electron chi connectivity index (χ2n) is 9.00. The molecular formula is C22H34N2O5. The van der Waals surface area contributed by atoms with E-state index < -0.39 is 35.2 Å². The summed E-state index contributed by atoms with van der Waals surface area (Å²) in [6, 6.07) is 8.51. The molecule has 0 saturated heterocycles. The molecule has 2 N–H and O–H groups in total. The van der Waals surface area contributed by atoms with Crippen molar-refractivity contribution < 1.29 is 23.9 Å². The summed E-state index contributed by atoms with van der Waals surface area (Å²) in [4.78, 5) is 37.4. The van der Waals surface area contributed by atoms with Gasteiger partial charge in [0, 0.05) is 0 Å². The van der Waals surface area contributed by atoms with Crippen LogP contribution in [0.4, 0.5) is 4.79 Å². The molecule has 0 bridgehead atoms. The van der Waals surface area contributed by atoms with Gasteiger partial charge in [-0.15, -0.1) is 0 Å². The quantitative estimate of drug-likeness (QED) is 0.644. The molecule has 0 aliphatic heterocycles. The summed E-state index contributed by atoms with van der Waals surface area (Å²) in [7, 11) is 0. The summed E-state index contributed by atoms with van der Waals surface area (Å²) < 4.78 is 10.6. The van der Waals surface area contributed by atoms with Gasteiger partial charge in [0.1, 0.15) is 23.8 Å². The summed E-state index contributed by atoms with van der Waals surface area (Å²) >= 11 is 0. The average Bonchev–Trinajstić information content (AvgIpc) is 2.57. The minimum Gasteiger partial charge on any atom is -0.459 e. The molecule has 0 saturated carbocycles. The van der Waals surface area contributed by atoms with Gasteiger partial charge in [0.2, 0.25) is 5.91 Å². The Kier molecular flexibility index (Phi) is 8.67. The first-order chi connectivity index (χ1) is 13.3. The molecular weight excluding hydrogens is 372 g/mol. The molecule has 0 spiro atoms. The first-order valence-electron chi connectivity index (χ1n) is 9.83. The molecule has 0 aromatic heterocycles. The second kappa shape index (κ2) is 10.3. The molecule has 0 aliphatic rings. The van der Waals surface area contributed by atoms with Gasteiger partial charge in [0.15, 0.2) is 0 Å². The Hall–Kier alpha value is -2.57. The van der Waals surface area contributed by atoms with Crippen molar-refractivity contribution in [2.24, 2.45) is 5.92 Å². The van der Waals surface area contributed by atoms with E-state index in [1.807, 2.05) is 44.2 Å². The topological polar surface area (TPSA) is 93.7 Å². The largest absolute Gasteiger partial charge is 0.459 e. The van der Waals surface area contributed by atoms with Gasteiger partial charge in [-0.3, -0.25) is 4.79 Å². The van der Waals surface area contributed by atoms with E-state index in [1.165, 1.54) is 0 Å². The van der Waals surface area contributed by atoms with Crippen LogP contribution in [0.3, 0.4) is 0 Å². The summed E-state index contributed by atoms with van der Waals surface area (Å²) in [5, 5.41) is 5.25. The molecule has 7 heteroatoms. The Morgan fingerprint density at radius 1 is 1.00 bits per heavy atom. The lowest BCUT2D eigenvalue weighted by Crippen LogP contribution is -2.58. The molecule has 2 amide bonds. The summed E-state index contributed by atoms with van der Waals surface area (Å²) in [6.07, 6.45) is -0.285. The Bertz CT molecular complexity index is 693. The fraction of sp³-hybridized carbons (Fsp3) is 0.591. The zero-order valence-electron chi connectivity index (χ0n) is 18.5. The molecule has 29 heavy (non-hydrogen) atoms. The molecule has 7 nitrogen and oxygen atoms in total. The molecule has 0 fully saturated rings. The molecule has 1 atom stereocenters. The standard InChI is InChI=1S/C22H34N2O5/c1-15(2)13-17(18(25)28-14-16-11-9-8-10-12-16)23-19(26)22(6,7)24-20(27)29-21(3,4)5/h8-12,15,17H,13-14H2,1-7H3,(H,23,26)(H,24,27)/t17-/m0/s1. The monoisotopic (exact) mass is 406 g/mol. The van der Waals surface area contributed by atoms with Crippen molar-refractivity contribution in [3.63, 3.8) is 0 Å². The Labute approximate surface area is 173 Å². The van der Waals surface area contributed by atoms with E-state index in [2.05, 4.69) is 10.6 Å². The van der Waals surface area contributed by atoms with Crippen molar-refractivity contribution in [3.05, 3.63) is 35.9 Å². The normalized spacial score (nSPS) is 12.8. The maximum Gasteiger partial charge on any atom is 0.408 e. The molecule has 0 heterocycles. The number of carbonyl (C=O) groups is 3. The number of rotatable bonds is 8. The van der Waals surface area contributed by atoms with Crippen LogP contribution in [0, 0.1) is 5.92 Å². The van der Waals surface area contributed by atoms with E-state index in [0.29, 0.717) is 6.42 Å². The van der Waals surface area contributed by atoms with E-state index in [1.54, 1.807) is 34.6 Å². The molecule has 162 valence electrons. The SMILES string of the molecule is CC(C)C[C@H](NC(=O)C(C)(C)NC(=O)OC(C)(C)C)C(=O)OCc1ccccc1. The van der Waals surface area contributed by atoms with Crippen molar-refractivity contribution in [1.82, 2.24) is 10.6 Å². The summed E-state index contributed by atoms with van der Waals surface area (Å²) in [5.41, 5.74) is -1.09. The Balaban J connectivity index is 2.75. The summed E-state index contributed by atoms with van der Waals surface area (Å²) in [6.45, 7) is 12.3. The van der Waals surface area contributed by atoms with Gasteiger partial charge >= 0.3 is 12.1 Å². The van der Waals surface area contributed by atoms with Crippen LogP contribution in [-0.2, 0) is 25.7 Å². The van der Waals surface area contributed by atoms with Crippen LogP contribution in [0.2, 0.25) is 0 Å². The van der Waals surface area contributed by atoms with Gasteiger partial charge in [-0.25, -0.2) is 9.59 Å². The number of esters is 1. The van der Waals surface area contributed by atoms with E-state index in [-0.39, 0.29) is 12.5 Å². The number of ether oxygens (including phenoxy) is 2. The third-order valence-corrected chi connectivity index (χ3v) is 3.90. The number of benzene rings is 1. The molecule has 0 aliphatic carbocycles. The van der Waals surface area contributed by atoms with Crippen LogP contribution in [0.1, 0.15) is 60.5 Å². The maximum atomic E-state index is 12.7. The highest BCUT2D eigenvalue weighted by atomic mass is 16.6. The fourth-order valence-electron chi connectivity index (χ4n) is 2.47. The fourth-order valence-corrected chi connectivity index (χ4v) is 2.47. The molecule has 1 aromatic carbocycles. The highest BCUT2D eigenvalue weighted by molar-refractivity contribution is 5.92. The maximum absolute atomic E-state index is 12.7. The highest BCUT2D eigenvalue weighted by Crippen LogP contribution is 2.13. The van der Waals surface area contributed by atoms with Crippen molar-refractivity contribution in [2.45, 2.75) is 78.7 Å². The number of amides is 2. The van der Waals surface area contributed by atoms with Gasteiger partial charge in [-0.2, -0.15) is 0 Å². The molecule has 0 unspecified atom stereocenters. The first-order valence-corrected chi connectivity index (χ1v) is 9.83. The van der Waals surface area contributed by atoms with Crippen molar-refractivity contribution in [3.8, 4) is 0 Å². The Morgan fingerprint density at radius 3 is 2.10 bits per heavy atom. The molecule has 1 rings (SSSR count). The minimum absolute atomic E-state index is 0.129. The summed E-state index contributed by atoms with van der Waals surface area (Å²) in [5.74, 6) is -0.846. The third kappa shape index (κ3) is 9.45. The van der Waals surface area contributed by atoms with Gasteiger partial charge in [0.05, 0.1) is 0 Å². The minimum atomic E-state index is -1.27. The second-order valence-corrected chi connectivity index (χ2v) is 9.00. The highest BCUT2D eigenvalue weighted by Gasteiger charge is 2.35. The number of alkyl carbamates (subject to hydrolysis) is 1. The van der Waals surface area contributed by atoms with Crippen LogP contribution in [0.5, 0.6) is 0 Å². The van der Waals surface area contributed by atoms with E-state index in [0.717, 1.165) is 5.56 Å². The lowest BCUT2D eigenvalue weighted by molar-refractivity contribution is -0.150. The average molecular weight is 407 g/mol. The van der Waals surface area contributed by atoms with Crippen molar-refractivity contribution in [2.75, 3.05) is 0 Å². The van der Waals surface area contributed by atoms with Gasteiger partial charge in [-0.05, 0) is 52.5 Å². The van der Waals surface area contributed by atoms with E-state index >= 15 is 0 Å². The molecule has 1 aromatic rings. The predicted molar refractivity (Wildman–Crippen MR) is 111 cm³/mol. The lowest BCUT2D eigenvalue weighted by Gasteiger charge is -2.29. The van der Waals surface area contributed by atoms with Crippen LogP contribution in [-0.4, -0.2) is 35.2 Å². The zero-order chi connectivity index (χ0) is 22.2. The lowest BCUT2D eigenvalue weighted by atomic mass is 10.0. The zero-order valence-corrected chi connectivity index (χ0v) is 18.5. The van der Waals surface area contributed by atoms with Crippen molar-refractivity contribution in [1.29, 1.82) is 0 Å². The van der Waals surface area contributed by atoms with Crippen LogP contribution in [0.15, 0.2) is 30.3 Å². The van der Waals surface area contributed by atoms with Gasteiger partial charge in [-0.1, -0.05) is 44.2 Å². The van der Waals surface area contributed by atoms with Gasteiger partial charge in [0.25, 0.3) is 0 Å². The third-order valence-electron chi connectivity index (χ3n) is 3.90. The van der Waals surface area contributed by atoms with Crippen LogP contribution < -0.4 is 10.6 Å². The number of hydrogen-bond acceptors (Lipinski definition) is 5. The molecule has 0 radical (unpaired) electrons. The first kappa shape index (κ1) is 24.5. The number of hydrogen-bond donors (Lipinski definition) is 2. The van der Waals surface area contributed by atoms with Crippen molar-refractivity contribution >= 4 is 18.0 Å². The smallest absolute Gasteiger partial charge is 0.408 e. The number of nitrogens with one attached hydrogen (secondary N) is 2. The van der Waals surface area contributed by atoms with Crippen LogP contribution >= 0.6 is 0 Å². The van der Waals surface area contributed by atoms with Gasteiger partial charge < -0.3 is 20.1 Å². The van der Waals surface area contributed by atoms with E-state index in [4.69, 9.17) is 9.47 Å². The van der Waals surface area contributed by atoms with E-state index in [9.17, 15) is 14.4 Å².